The Morgan fingerprint density at radius 3 is 2.88 bits per heavy atom. The van der Waals surface area contributed by atoms with Crippen molar-refractivity contribution in [2.45, 2.75) is 19.4 Å². The van der Waals surface area contributed by atoms with Crippen molar-refractivity contribution in [1.82, 2.24) is 14.9 Å². The Kier molecular flexibility index (Phi) is 4.37. The van der Waals surface area contributed by atoms with Crippen LogP contribution >= 0.6 is 0 Å². The lowest BCUT2D eigenvalue weighted by Gasteiger charge is -2.17. The third-order valence-electron chi connectivity index (χ3n) is 3.89. The van der Waals surface area contributed by atoms with Gasteiger partial charge in [0.05, 0.1) is 4.92 Å². The highest BCUT2D eigenvalue weighted by Crippen LogP contribution is 2.18. The number of pyridine rings is 2. The third kappa shape index (κ3) is 3.48. The van der Waals surface area contributed by atoms with Gasteiger partial charge in [-0.15, -0.1) is 0 Å². The van der Waals surface area contributed by atoms with Crippen molar-refractivity contribution >= 4 is 17.4 Å². The molecular weight excluding hydrogens is 310 g/mol. The lowest BCUT2D eigenvalue weighted by atomic mass is 10.2. The van der Waals surface area contributed by atoms with E-state index in [4.69, 9.17) is 0 Å². The van der Waals surface area contributed by atoms with E-state index in [1.807, 2.05) is 19.1 Å². The highest BCUT2D eigenvalue weighted by atomic mass is 16.6. The van der Waals surface area contributed by atoms with E-state index in [2.05, 4.69) is 15.3 Å². The molecule has 0 bridgehead atoms. The number of hydrogen-bond acceptors (Lipinski definition) is 6. The molecule has 124 valence electrons. The number of rotatable bonds is 4. The Morgan fingerprint density at radius 2 is 2.21 bits per heavy atom. The van der Waals surface area contributed by atoms with Crippen LogP contribution in [0.4, 0.5) is 11.5 Å². The van der Waals surface area contributed by atoms with Crippen molar-refractivity contribution in [2.75, 3.05) is 18.4 Å². The second-order valence-electron chi connectivity index (χ2n) is 5.70. The molecule has 8 heteroatoms. The minimum absolute atomic E-state index is 0.0469. The highest BCUT2D eigenvalue weighted by Gasteiger charge is 2.27. The molecule has 0 radical (unpaired) electrons. The Hall–Kier alpha value is -3.03. The molecule has 3 rings (SSSR count). The average Bonchev–Trinajstić information content (AvgIpc) is 3.03. The number of nitro groups is 1. The number of carbonyl (C=O) groups is 1. The van der Waals surface area contributed by atoms with Crippen molar-refractivity contribution < 1.29 is 9.72 Å². The van der Waals surface area contributed by atoms with Gasteiger partial charge in [-0.3, -0.25) is 14.9 Å². The first kappa shape index (κ1) is 15.9. The number of nitrogens with zero attached hydrogens (tertiary/aromatic N) is 4. The number of aromatic nitrogens is 2. The first-order valence-electron chi connectivity index (χ1n) is 7.63. The standard InChI is InChI=1S/C16H17N5O3/c1-11-3-2-4-14(18-11)16(22)20-8-7-12(10-20)19-15-6-5-13(9-17-15)21(23)24/h2-6,9,12H,7-8,10H2,1H3,(H,17,19). The van der Waals surface area contributed by atoms with Crippen molar-refractivity contribution in [1.29, 1.82) is 0 Å². The van der Waals surface area contributed by atoms with Gasteiger partial charge in [-0.05, 0) is 31.5 Å². The second kappa shape index (κ2) is 6.61. The predicted molar refractivity (Wildman–Crippen MR) is 87.8 cm³/mol. The fourth-order valence-electron chi connectivity index (χ4n) is 2.68. The lowest BCUT2D eigenvalue weighted by Crippen LogP contribution is -2.32. The van der Waals surface area contributed by atoms with Gasteiger partial charge in [0, 0.05) is 30.9 Å². The monoisotopic (exact) mass is 327 g/mol. The van der Waals surface area contributed by atoms with E-state index in [9.17, 15) is 14.9 Å². The molecule has 1 aliphatic heterocycles. The van der Waals surface area contributed by atoms with Crippen LogP contribution < -0.4 is 5.32 Å². The van der Waals surface area contributed by atoms with E-state index >= 15 is 0 Å². The summed E-state index contributed by atoms with van der Waals surface area (Å²) in [5.41, 5.74) is 1.21. The molecule has 24 heavy (non-hydrogen) atoms. The molecule has 0 aromatic carbocycles. The van der Waals surface area contributed by atoms with Crippen LogP contribution in [-0.4, -0.2) is 44.8 Å². The molecule has 0 spiro atoms. The van der Waals surface area contributed by atoms with Crippen LogP contribution in [0.15, 0.2) is 36.5 Å². The van der Waals surface area contributed by atoms with Crippen LogP contribution in [0.5, 0.6) is 0 Å². The molecular formula is C16H17N5O3. The Balaban J connectivity index is 1.61. The van der Waals surface area contributed by atoms with E-state index in [1.54, 1.807) is 17.0 Å². The smallest absolute Gasteiger partial charge is 0.287 e. The van der Waals surface area contributed by atoms with Crippen molar-refractivity contribution in [2.24, 2.45) is 0 Å². The Morgan fingerprint density at radius 1 is 1.38 bits per heavy atom. The summed E-state index contributed by atoms with van der Waals surface area (Å²) in [7, 11) is 0. The molecule has 0 aliphatic carbocycles. The molecule has 1 saturated heterocycles. The van der Waals surface area contributed by atoms with Crippen LogP contribution in [0.2, 0.25) is 0 Å². The van der Waals surface area contributed by atoms with Gasteiger partial charge < -0.3 is 10.2 Å². The molecule has 1 aliphatic rings. The van der Waals surface area contributed by atoms with Gasteiger partial charge in [-0.2, -0.15) is 0 Å². The van der Waals surface area contributed by atoms with Gasteiger partial charge >= 0.3 is 0 Å². The number of amides is 1. The summed E-state index contributed by atoms with van der Waals surface area (Å²) in [6.45, 7) is 3.04. The van der Waals surface area contributed by atoms with Gasteiger partial charge in [-0.25, -0.2) is 9.97 Å². The normalized spacial score (nSPS) is 16.9. The molecule has 3 heterocycles. The summed E-state index contributed by atoms with van der Waals surface area (Å²) in [4.78, 5) is 32.7. The SMILES string of the molecule is Cc1cccc(C(=O)N2CCC(Nc3ccc([N+](=O)[O-])cn3)C2)n1. The molecule has 1 N–H and O–H groups in total. The lowest BCUT2D eigenvalue weighted by molar-refractivity contribution is -0.385. The minimum atomic E-state index is -0.485. The van der Waals surface area contributed by atoms with E-state index in [0.29, 0.717) is 24.6 Å². The van der Waals surface area contributed by atoms with Gasteiger partial charge in [0.1, 0.15) is 17.7 Å². The summed E-state index contributed by atoms with van der Waals surface area (Å²) < 4.78 is 0. The molecule has 1 fully saturated rings. The molecule has 1 amide bonds. The summed E-state index contributed by atoms with van der Waals surface area (Å²) >= 11 is 0. The zero-order chi connectivity index (χ0) is 17.1. The van der Waals surface area contributed by atoms with E-state index in [1.165, 1.54) is 12.3 Å². The Bertz CT molecular complexity index is 763. The highest BCUT2D eigenvalue weighted by molar-refractivity contribution is 5.92. The van der Waals surface area contributed by atoms with Crippen molar-refractivity contribution in [3.05, 3.63) is 58.0 Å². The molecule has 2 aromatic heterocycles. The topological polar surface area (TPSA) is 101 Å². The molecule has 1 atom stereocenters. The largest absolute Gasteiger partial charge is 0.365 e. The van der Waals surface area contributed by atoms with Crippen molar-refractivity contribution in [3.8, 4) is 0 Å². The predicted octanol–water partition coefficient (Wildman–Crippen LogP) is 2.02. The molecule has 0 saturated carbocycles. The second-order valence-corrected chi connectivity index (χ2v) is 5.70. The zero-order valence-electron chi connectivity index (χ0n) is 13.2. The van der Waals surface area contributed by atoms with Crippen LogP contribution in [0.3, 0.4) is 0 Å². The summed E-state index contributed by atoms with van der Waals surface area (Å²) in [6.07, 6.45) is 2.01. The summed E-state index contributed by atoms with van der Waals surface area (Å²) in [5.74, 6) is 0.480. The molecule has 1 unspecified atom stereocenters. The number of carbonyl (C=O) groups excluding carboxylic acids is 1. The number of likely N-dealkylation sites (tertiary alicyclic amines) is 1. The van der Waals surface area contributed by atoms with Crippen LogP contribution in [0.1, 0.15) is 22.6 Å². The maximum absolute atomic E-state index is 12.5. The zero-order valence-corrected chi connectivity index (χ0v) is 13.2. The van der Waals surface area contributed by atoms with Crippen LogP contribution in [-0.2, 0) is 0 Å². The van der Waals surface area contributed by atoms with Crippen LogP contribution in [0, 0.1) is 17.0 Å². The maximum atomic E-state index is 12.5. The van der Waals surface area contributed by atoms with Gasteiger partial charge in [0.2, 0.25) is 0 Å². The van der Waals surface area contributed by atoms with E-state index in [-0.39, 0.29) is 17.6 Å². The van der Waals surface area contributed by atoms with E-state index < -0.39 is 4.92 Å². The van der Waals surface area contributed by atoms with Crippen LogP contribution in [0.25, 0.3) is 0 Å². The first-order valence-corrected chi connectivity index (χ1v) is 7.63. The van der Waals surface area contributed by atoms with Gasteiger partial charge in [0.25, 0.3) is 11.6 Å². The first-order chi connectivity index (χ1) is 11.5. The van der Waals surface area contributed by atoms with Gasteiger partial charge in [-0.1, -0.05) is 6.07 Å². The number of aryl methyl sites for hydroxylation is 1. The quantitative estimate of drug-likeness (QED) is 0.681. The van der Waals surface area contributed by atoms with Gasteiger partial charge in [0.15, 0.2) is 0 Å². The molecule has 2 aromatic rings. The summed E-state index contributed by atoms with van der Waals surface area (Å²) in [5, 5.41) is 13.8. The average molecular weight is 327 g/mol. The number of anilines is 1. The minimum Gasteiger partial charge on any atom is -0.365 e. The number of hydrogen-bond donors (Lipinski definition) is 1. The fraction of sp³-hybridized carbons (Fsp3) is 0.312. The summed E-state index contributed by atoms with van der Waals surface area (Å²) in [6, 6.07) is 8.43. The Labute approximate surface area is 138 Å². The van der Waals surface area contributed by atoms with E-state index in [0.717, 1.165) is 12.1 Å². The molecule has 8 nitrogen and oxygen atoms in total. The maximum Gasteiger partial charge on any atom is 0.287 e. The third-order valence-corrected chi connectivity index (χ3v) is 3.89. The fourth-order valence-corrected chi connectivity index (χ4v) is 2.68. The number of nitrogens with one attached hydrogen (secondary N) is 1. The van der Waals surface area contributed by atoms with Crippen molar-refractivity contribution in [3.63, 3.8) is 0 Å².